The molecule has 6 rings (SSSR count). The molecule has 0 radical (unpaired) electrons. The molecule has 6 aromatic rings. The lowest BCUT2D eigenvalue weighted by Crippen LogP contribution is -2.28. The van der Waals surface area contributed by atoms with E-state index in [2.05, 4.69) is 62.4 Å². The monoisotopic (exact) mass is 1250 g/mol. The van der Waals surface area contributed by atoms with Crippen molar-refractivity contribution in [3.05, 3.63) is 139 Å². The Morgan fingerprint density at radius 2 is 0.934 bits per heavy atom. The summed E-state index contributed by atoms with van der Waals surface area (Å²) in [7, 11) is -7.07. The lowest BCUT2D eigenvalue weighted by atomic mass is 9.92. The second-order valence-electron chi connectivity index (χ2n) is 17.2. The summed E-state index contributed by atoms with van der Waals surface area (Å²) in [6.45, 7) is 4.21. The molecule has 0 aliphatic heterocycles. The minimum atomic E-state index is -3.54. The fourth-order valence-electron chi connectivity index (χ4n) is 7.34. The Hall–Kier alpha value is -5.42. The molecule has 2 aromatic carbocycles. The van der Waals surface area contributed by atoms with Gasteiger partial charge in [0.25, 0.3) is 0 Å². The molecule has 0 spiro atoms. The van der Waals surface area contributed by atoms with E-state index >= 15 is 0 Å². The quantitative estimate of drug-likeness (QED) is 0.0331. The zero-order valence-corrected chi connectivity index (χ0v) is 48.3. The summed E-state index contributed by atoms with van der Waals surface area (Å²) in [5, 5.41) is 44.4. The molecule has 0 saturated carbocycles. The van der Waals surface area contributed by atoms with Gasteiger partial charge in [-0.05, 0) is 103 Å². The van der Waals surface area contributed by atoms with Gasteiger partial charge in [-0.25, -0.2) is 16.8 Å². The average molecular weight is 1260 g/mol. The Bertz CT molecular complexity index is 3020. The van der Waals surface area contributed by atoms with Crippen molar-refractivity contribution in [3.8, 4) is 34.6 Å². The van der Waals surface area contributed by atoms with Crippen LogP contribution in [0.1, 0.15) is 57.3 Å². The Morgan fingerprint density at radius 3 is 1.29 bits per heavy atom. The van der Waals surface area contributed by atoms with Crippen LogP contribution in [-0.4, -0.2) is 107 Å². The topological polar surface area (TPSA) is 296 Å². The zero-order chi connectivity index (χ0) is 53.7. The van der Waals surface area contributed by atoms with Gasteiger partial charge < -0.3 is 50.0 Å². The first-order valence-electron chi connectivity index (χ1n) is 22.6. The van der Waals surface area contributed by atoms with Gasteiger partial charge in [0.1, 0.15) is 26.4 Å². The molecule has 4 aromatic heterocycles. The molecule has 0 aliphatic carbocycles. The van der Waals surface area contributed by atoms with E-state index in [9.17, 15) is 36.6 Å². The van der Waals surface area contributed by atoms with Crippen LogP contribution >= 0.6 is 58.9 Å². The summed E-state index contributed by atoms with van der Waals surface area (Å²) in [4.78, 5) is 39.6. The number of aliphatic hydroxyl groups excluding tert-OH is 2. The van der Waals surface area contributed by atoms with Crippen LogP contribution in [0.3, 0.4) is 0 Å². The van der Waals surface area contributed by atoms with Crippen molar-refractivity contribution in [1.29, 1.82) is 0 Å². The second-order valence-corrected chi connectivity index (χ2v) is 22.9. The number of aromatic nitrogens is 4. The molecule has 2 atom stereocenters. The number of nitrogens with zero attached hydrogens (tertiary/aromatic N) is 4. The second kappa shape index (κ2) is 28.8. The van der Waals surface area contributed by atoms with Crippen LogP contribution in [0.5, 0.6) is 23.5 Å². The van der Waals surface area contributed by atoms with Crippen molar-refractivity contribution < 1.29 is 65.8 Å². The van der Waals surface area contributed by atoms with Crippen LogP contribution in [0, 0.1) is 13.8 Å². The highest BCUT2D eigenvalue weighted by atomic mass is 79.9. The van der Waals surface area contributed by atoms with Crippen LogP contribution in [0.15, 0.2) is 104 Å². The van der Waals surface area contributed by atoms with Crippen molar-refractivity contribution >= 4 is 90.5 Å². The number of pyridine rings is 4. The molecule has 76 heavy (non-hydrogen) atoms. The van der Waals surface area contributed by atoms with Gasteiger partial charge in [0.15, 0.2) is 19.7 Å². The van der Waals surface area contributed by atoms with Crippen molar-refractivity contribution in [1.82, 2.24) is 30.6 Å². The molecule has 0 amide bonds. The lowest BCUT2D eigenvalue weighted by molar-refractivity contribution is -0.140. The summed E-state index contributed by atoms with van der Waals surface area (Å²) < 4.78 is 74.6. The third kappa shape index (κ3) is 18.4. The summed E-state index contributed by atoms with van der Waals surface area (Å²) in [6.07, 6.45) is 4.45. The van der Waals surface area contributed by atoms with Crippen molar-refractivity contribution in [2.24, 2.45) is 0 Å². The minimum Gasteiger partial charge on any atom is -0.481 e. The molecule has 4 heterocycles. The fourth-order valence-corrected chi connectivity index (χ4v) is 9.53. The van der Waals surface area contributed by atoms with Gasteiger partial charge in [0.05, 0.1) is 43.8 Å². The fraction of sp³-hybridized carbons (Fsp3) is 0.320. The average Bonchev–Trinajstić information content (AvgIpc) is 3.32. The number of carboxylic acid groups (broad SMARTS) is 2. The highest BCUT2D eigenvalue weighted by Crippen LogP contribution is 2.35. The first-order chi connectivity index (χ1) is 35.0. The molecule has 26 heteroatoms. The number of benzene rings is 2. The summed E-state index contributed by atoms with van der Waals surface area (Å²) in [5.74, 6) is -1.59. The number of hydrogen-bond donors (Lipinski definition) is 6. The van der Waals surface area contributed by atoms with Gasteiger partial charge in [-0.1, -0.05) is 36.4 Å². The highest BCUT2D eigenvalue weighted by molar-refractivity contribution is 9.11. The number of aliphatic hydroxyl groups is 2. The first-order valence-corrected chi connectivity index (χ1v) is 28.0. The zero-order valence-electron chi connectivity index (χ0n) is 41.5. The van der Waals surface area contributed by atoms with Crippen LogP contribution in [0.25, 0.3) is 11.1 Å². The predicted octanol–water partition coefficient (Wildman–Crippen LogP) is 6.27. The summed E-state index contributed by atoms with van der Waals surface area (Å²) in [5.41, 5.74) is 7.47. The number of rotatable bonds is 27. The smallest absolute Gasteiger partial charge is 0.306 e. The molecule has 0 fully saturated rings. The largest absolute Gasteiger partial charge is 0.481 e. The number of hydrogen-bond acceptors (Lipinski definition) is 18. The van der Waals surface area contributed by atoms with E-state index in [1.807, 2.05) is 50.2 Å². The predicted molar refractivity (Wildman–Crippen MR) is 298 cm³/mol. The normalized spacial score (nSPS) is 12.2. The molecule has 410 valence electrons. The molecule has 0 saturated heterocycles. The van der Waals surface area contributed by atoms with Crippen molar-refractivity contribution in [2.75, 3.05) is 25.6 Å². The van der Waals surface area contributed by atoms with E-state index in [4.69, 9.17) is 29.2 Å². The molecule has 20 nitrogen and oxygen atoms in total. The SMILES string of the molecule is Cc1c(COc2nc(OCc3cncc(S(C)(=O)=O)c3)c(CNC[C@@H](O)CC(=O)O)cc2Br)cccc1-c1cccc(COc2nc(OCc3cncc(S(C)(=O)=O)c3)c(CNC[C@@H](O)CC(=O)O)cc2Br)c1C.S.S. The van der Waals surface area contributed by atoms with Crippen molar-refractivity contribution in [2.45, 2.75) is 88.2 Å². The Morgan fingerprint density at radius 1 is 0.566 bits per heavy atom. The Kier molecular flexibility index (Phi) is 23.9. The van der Waals surface area contributed by atoms with Crippen molar-refractivity contribution in [3.63, 3.8) is 0 Å². The maximum atomic E-state index is 12.2. The molecule has 0 bridgehead atoms. The maximum Gasteiger partial charge on any atom is 0.306 e. The van der Waals surface area contributed by atoms with Crippen LogP contribution in [0.4, 0.5) is 0 Å². The highest BCUT2D eigenvalue weighted by Gasteiger charge is 2.20. The van der Waals surface area contributed by atoms with E-state index in [1.54, 1.807) is 12.1 Å². The Labute approximate surface area is 471 Å². The number of aliphatic carboxylic acids is 2. The van der Waals surface area contributed by atoms with E-state index < -0.39 is 56.7 Å². The molecular formula is C50H58Br2N6O14S4. The third-order valence-electron chi connectivity index (χ3n) is 11.2. The molecule has 0 unspecified atom stereocenters. The number of carboxylic acids is 2. The molecule has 6 N–H and O–H groups in total. The number of nitrogens with one attached hydrogen (secondary N) is 2. The minimum absolute atomic E-state index is 0. The van der Waals surface area contributed by atoms with Gasteiger partial charge in [-0.2, -0.15) is 37.0 Å². The Balaban J connectivity index is 0.00000624. The van der Waals surface area contributed by atoms with Crippen LogP contribution in [0.2, 0.25) is 0 Å². The van der Waals surface area contributed by atoms with E-state index in [0.29, 0.717) is 31.2 Å². The molecular weight excluding hydrogens is 1200 g/mol. The summed E-state index contributed by atoms with van der Waals surface area (Å²) >= 11 is 7.13. The molecule has 0 aliphatic rings. The number of sulfone groups is 2. The van der Waals surface area contributed by atoms with Gasteiger partial charge in [-0.15, -0.1) is 0 Å². The van der Waals surface area contributed by atoms with Gasteiger partial charge in [0, 0.05) is 85.7 Å². The van der Waals surface area contributed by atoms with Crippen LogP contribution in [-0.2, 0) is 68.8 Å². The lowest BCUT2D eigenvalue weighted by Gasteiger charge is -2.18. The van der Waals surface area contributed by atoms with Gasteiger partial charge >= 0.3 is 11.9 Å². The van der Waals surface area contributed by atoms with Crippen LogP contribution < -0.4 is 29.6 Å². The maximum absolute atomic E-state index is 12.2. The number of carbonyl (C=O) groups is 2. The van der Waals surface area contributed by atoms with E-state index in [0.717, 1.165) is 45.9 Å². The summed E-state index contributed by atoms with van der Waals surface area (Å²) in [6, 6.07) is 18.1. The van der Waals surface area contributed by atoms with Gasteiger partial charge in [0.2, 0.25) is 23.5 Å². The first kappa shape index (κ1) is 63.1. The van der Waals surface area contributed by atoms with E-state index in [-0.39, 0.29) is 113 Å². The van der Waals surface area contributed by atoms with Gasteiger partial charge in [-0.3, -0.25) is 19.6 Å². The number of ether oxygens (including phenoxy) is 4. The number of halogens is 2. The standard InChI is InChI=1S/C50H54Br2N6O14S2.2H2S/c1-29-33(27-71-49-43(51)13-35(19-55-21-37(59)15-45(61)62)47(57-49)69-25-31-11-39(23-53-17-31)73(3,65)66)7-5-9-41(29)42-10-6-8-34(30(42)2)28-72-50-44(52)14-36(20-56-22-38(60)16-46(63)64)48(58-50)70-26-32-12-40(24-54-18-32)74(4,67)68;;/h5-14,17-18,23-24,37-38,55-56,59-60H,15-16,19-22,25-28H2,1-4H3,(H,61,62)(H,63,64);2*1H2/t37-,38-;;/m0../s1. The van der Waals surface area contributed by atoms with E-state index in [1.165, 1.54) is 36.9 Å². The third-order valence-corrected chi connectivity index (χ3v) is 14.5.